The quantitative estimate of drug-likeness (QED) is 0.462. The summed E-state index contributed by atoms with van der Waals surface area (Å²) in [5.41, 5.74) is 0. The van der Waals surface area contributed by atoms with Crippen LogP contribution in [0.15, 0.2) is 0 Å². The van der Waals surface area contributed by atoms with Gasteiger partial charge >= 0.3 is 0 Å². The third-order valence-corrected chi connectivity index (χ3v) is 0. The van der Waals surface area contributed by atoms with Crippen molar-refractivity contribution < 1.29 is 86.4 Å². The van der Waals surface area contributed by atoms with Gasteiger partial charge in [0.05, 0.1) is 0 Å². The van der Waals surface area contributed by atoms with Crippen LogP contribution < -0.4 is 0 Å². The smallest absolute Gasteiger partial charge is 0 e. The van der Waals surface area contributed by atoms with Crippen LogP contribution in [-0.2, 0) is 0 Å². The van der Waals surface area contributed by atoms with E-state index in [1.54, 1.807) is 0 Å². The van der Waals surface area contributed by atoms with Gasteiger partial charge in [-0.1, -0.05) is 0 Å². The van der Waals surface area contributed by atoms with E-state index in [9.17, 15) is 0 Å². The van der Waals surface area contributed by atoms with Crippen LogP contribution in [0.1, 0.15) is 0 Å². The molecular weight excluding hydrogens is 362 g/mol. The first kappa shape index (κ1) is 32.0. The van der Waals surface area contributed by atoms with Gasteiger partial charge in [-0.2, -0.15) is 0 Å². The zero-order chi connectivity index (χ0) is 0. The van der Waals surface area contributed by atoms with Gasteiger partial charge in [0.1, 0.15) is 0 Å². The Morgan fingerprint density at radius 1 is 0.500 bits per heavy atom. The molecule has 0 aromatic rings. The Morgan fingerprint density at radius 2 is 0.500 bits per heavy atom. The molecule has 0 aromatic carbocycles. The van der Waals surface area contributed by atoms with Crippen LogP contribution in [0.25, 0.3) is 0 Å². The molecule has 0 aliphatic rings. The number of rotatable bonds is 0. The van der Waals surface area contributed by atoms with Gasteiger partial charge in [-0.3, -0.25) is 0 Å². The maximum absolute atomic E-state index is 0. The Bertz CT molecular complexity index is 4.00. The molecule has 4 heavy (non-hydrogen) atoms. The Kier molecular flexibility index (Phi) is 144. The van der Waals surface area contributed by atoms with Crippen molar-refractivity contribution in [2.24, 2.45) is 0 Å². The van der Waals surface area contributed by atoms with E-state index >= 15 is 0 Å². The Hall–Kier alpha value is 2.44. The molecule has 0 atom stereocenters. The monoisotopic (exact) mass is 366 g/mol. The molecule has 0 saturated carbocycles. The Morgan fingerprint density at radius 3 is 0.500 bits per heavy atom. The minimum Gasteiger partial charge on any atom is -0.412 e. The average molecular weight is 366 g/mol. The summed E-state index contributed by atoms with van der Waals surface area (Å²) in [7, 11) is 0. The van der Waals surface area contributed by atoms with Crippen LogP contribution in [0.5, 0.6) is 0 Å². The zero-order valence-electron chi connectivity index (χ0n) is 1.60. The van der Waals surface area contributed by atoms with Crippen LogP contribution in [0.2, 0.25) is 0 Å². The van der Waals surface area contributed by atoms with Gasteiger partial charge in [0.15, 0.2) is 0 Å². The van der Waals surface area contributed by atoms with E-state index < -0.39 is 0 Å². The van der Waals surface area contributed by atoms with Crippen molar-refractivity contribution in [1.29, 1.82) is 0 Å². The van der Waals surface area contributed by atoms with Crippen molar-refractivity contribution in [2.75, 3.05) is 0 Å². The van der Waals surface area contributed by atoms with E-state index in [1.165, 1.54) is 0 Å². The van der Waals surface area contributed by atoms with E-state index in [2.05, 4.69) is 0 Å². The third-order valence-electron chi connectivity index (χ3n) is 0. The minimum absolute atomic E-state index is 0. The van der Waals surface area contributed by atoms with Gasteiger partial charge in [0, 0.05) is 75.5 Å². The zero-order valence-corrected chi connectivity index (χ0v) is 5.47. The van der Waals surface area contributed by atoms with Crippen molar-refractivity contribution in [3.8, 4) is 0 Å². The van der Waals surface area contributed by atoms with E-state index in [0.717, 1.165) is 0 Å². The third kappa shape index (κ3) is 8.83. The summed E-state index contributed by atoms with van der Waals surface area (Å²) < 4.78 is 0. The van der Waals surface area contributed by atoms with E-state index in [0.29, 0.717) is 0 Å². The second-order valence-electron chi connectivity index (χ2n) is 0. The molecule has 0 bridgehead atoms. The van der Waals surface area contributed by atoms with Crippen LogP contribution in [0, 0.1) is 75.5 Å². The Balaban J connectivity index is 0. The Labute approximate surface area is 84.6 Å². The molecule has 0 unspecified atom stereocenters. The molecule has 4 heteroatoms. The predicted octanol–water partition coefficient (Wildman–Crippen LogP) is -1.65. The summed E-state index contributed by atoms with van der Waals surface area (Å²) in [6.07, 6.45) is 0. The van der Waals surface area contributed by atoms with Gasteiger partial charge in [0.25, 0.3) is 0 Å². The molecule has 0 heterocycles. The van der Waals surface area contributed by atoms with Gasteiger partial charge in [-0.15, -0.1) is 0 Å². The molecule has 0 spiro atoms. The first-order valence-corrected chi connectivity index (χ1v) is 0. The fourth-order valence-electron chi connectivity index (χ4n) is 0. The van der Waals surface area contributed by atoms with Gasteiger partial charge < -0.3 is 11.0 Å². The molecule has 0 aromatic heterocycles. The van der Waals surface area contributed by atoms with Gasteiger partial charge in [-0.25, -0.2) is 0 Å². The van der Waals surface area contributed by atoms with Crippen LogP contribution in [0.3, 0.4) is 0 Å². The SMILES string of the molecule is O.O.[Ho].[Ho]. The maximum atomic E-state index is 0. The second kappa shape index (κ2) is 18.0. The normalized spacial score (nSPS) is 0. The molecule has 0 aliphatic heterocycles. The first-order valence-electron chi connectivity index (χ1n) is 0. The summed E-state index contributed by atoms with van der Waals surface area (Å²) >= 11 is 0. The molecule has 0 aliphatic carbocycles. The summed E-state index contributed by atoms with van der Waals surface area (Å²) in [5.74, 6) is 0. The largest absolute Gasteiger partial charge is 0.412 e. The fraction of sp³-hybridized carbons (Fsp3) is 0. The predicted molar refractivity (Wildman–Crippen MR) is 7.23 cm³/mol. The van der Waals surface area contributed by atoms with Crippen LogP contribution in [0.4, 0.5) is 0 Å². The fourth-order valence-corrected chi connectivity index (χ4v) is 0. The molecule has 2 nitrogen and oxygen atoms in total. The summed E-state index contributed by atoms with van der Waals surface area (Å²) in [6.45, 7) is 0. The van der Waals surface area contributed by atoms with E-state index in [1.807, 2.05) is 0 Å². The standard InChI is InChI=1S/2Ho.2H2O/h;;2*1H2. The van der Waals surface area contributed by atoms with E-state index in [-0.39, 0.29) is 86.4 Å². The van der Waals surface area contributed by atoms with Crippen molar-refractivity contribution in [1.82, 2.24) is 0 Å². The number of hydrogen-bond acceptors (Lipinski definition) is 0. The molecule has 38 valence electrons. The minimum atomic E-state index is 0. The molecule has 0 fully saturated rings. The maximum Gasteiger partial charge on any atom is 0 e. The second-order valence-corrected chi connectivity index (χ2v) is 0. The summed E-state index contributed by atoms with van der Waals surface area (Å²) in [4.78, 5) is 0. The molecule has 0 saturated heterocycles. The van der Waals surface area contributed by atoms with Crippen molar-refractivity contribution in [2.45, 2.75) is 0 Å². The van der Waals surface area contributed by atoms with E-state index in [4.69, 9.17) is 0 Å². The van der Waals surface area contributed by atoms with Crippen molar-refractivity contribution in [3.63, 3.8) is 0 Å². The molecule has 0 rings (SSSR count). The van der Waals surface area contributed by atoms with Crippen LogP contribution in [-0.4, -0.2) is 11.0 Å². The molecule has 4 N–H and O–H groups in total. The molecular formula is H4Ho2O2. The molecule has 2 radical (unpaired) electrons. The van der Waals surface area contributed by atoms with Crippen molar-refractivity contribution in [3.05, 3.63) is 0 Å². The average Bonchev–Trinajstić information content (AvgIpc) is 0. The topological polar surface area (TPSA) is 63.0 Å². The number of hydrogen-bond donors (Lipinski definition) is 0. The molecule has 0 amide bonds. The van der Waals surface area contributed by atoms with Crippen LogP contribution >= 0.6 is 0 Å². The van der Waals surface area contributed by atoms with Gasteiger partial charge in [-0.05, 0) is 0 Å². The summed E-state index contributed by atoms with van der Waals surface area (Å²) in [5, 5.41) is 0. The first-order chi connectivity index (χ1) is 0. The van der Waals surface area contributed by atoms with Crippen molar-refractivity contribution >= 4 is 0 Å². The summed E-state index contributed by atoms with van der Waals surface area (Å²) in [6, 6.07) is 0. The van der Waals surface area contributed by atoms with Gasteiger partial charge in [0.2, 0.25) is 0 Å².